The number of hydrogen-bond donors (Lipinski definition) is 0. The van der Waals surface area contributed by atoms with E-state index in [1.54, 1.807) is 6.92 Å². The van der Waals surface area contributed by atoms with Gasteiger partial charge in [0.05, 0.1) is 18.6 Å². The Morgan fingerprint density at radius 2 is 2.29 bits per heavy atom. The van der Waals surface area contributed by atoms with Gasteiger partial charge in [-0.1, -0.05) is 5.16 Å². The lowest BCUT2D eigenvalue weighted by Gasteiger charge is -1.99. The summed E-state index contributed by atoms with van der Waals surface area (Å²) in [6.45, 7) is 1.28. The first-order chi connectivity index (χ1) is 8.11. The molecule has 1 rings (SSSR count). The van der Waals surface area contributed by atoms with Gasteiger partial charge >= 0.3 is 0 Å². The van der Waals surface area contributed by atoms with Crippen molar-refractivity contribution in [2.75, 3.05) is 13.2 Å². The van der Waals surface area contributed by atoms with Crippen molar-refractivity contribution in [2.45, 2.75) is 26.2 Å². The molecule has 0 aliphatic carbocycles. The van der Waals surface area contributed by atoms with E-state index in [4.69, 9.17) is 9.78 Å². The Kier molecular flexibility index (Phi) is 5.49. The molecule has 0 saturated heterocycles. The first-order valence-electron chi connectivity index (χ1n) is 5.18. The number of ether oxygens (including phenoxy) is 1. The van der Waals surface area contributed by atoms with Gasteiger partial charge in [-0.2, -0.15) is 10.2 Å². The lowest BCUT2D eigenvalue weighted by molar-refractivity contribution is 0.0182. The van der Waals surface area contributed by atoms with E-state index in [-0.39, 0.29) is 12.5 Å². The zero-order valence-electron chi connectivity index (χ0n) is 9.40. The van der Waals surface area contributed by atoms with Gasteiger partial charge in [-0.3, -0.25) is 0 Å². The smallest absolute Gasteiger partial charge is 0.261 e. The second kappa shape index (κ2) is 6.91. The Balaban J connectivity index is 2.29. The van der Waals surface area contributed by atoms with E-state index in [9.17, 15) is 8.78 Å². The number of nitriles is 1. The van der Waals surface area contributed by atoms with Crippen LogP contribution in [0.15, 0.2) is 4.52 Å². The Hall–Kier alpha value is -1.55. The molecule has 1 unspecified atom stereocenters. The van der Waals surface area contributed by atoms with Gasteiger partial charge in [0, 0.05) is 12.8 Å². The Morgan fingerprint density at radius 1 is 1.53 bits per heavy atom. The van der Waals surface area contributed by atoms with Crippen molar-refractivity contribution in [3.05, 3.63) is 11.7 Å². The number of halogens is 2. The van der Waals surface area contributed by atoms with Crippen LogP contribution in [-0.4, -0.2) is 29.8 Å². The number of nitrogens with zero attached hydrogens (tertiary/aromatic N) is 3. The van der Waals surface area contributed by atoms with E-state index in [2.05, 4.69) is 20.9 Å². The lowest BCUT2D eigenvalue weighted by atomic mass is 10.1. The van der Waals surface area contributed by atoms with Crippen molar-refractivity contribution < 1.29 is 18.0 Å². The maximum Gasteiger partial charge on any atom is 0.261 e. The third-order valence-electron chi connectivity index (χ3n) is 1.93. The van der Waals surface area contributed by atoms with E-state index in [0.717, 1.165) is 0 Å². The first-order valence-corrected chi connectivity index (χ1v) is 5.18. The van der Waals surface area contributed by atoms with Crippen molar-refractivity contribution in [2.24, 2.45) is 5.92 Å². The van der Waals surface area contributed by atoms with Crippen molar-refractivity contribution in [1.82, 2.24) is 10.1 Å². The summed E-state index contributed by atoms with van der Waals surface area (Å²) in [5.41, 5.74) is 0. The summed E-state index contributed by atoms with van der Waals surface area (Å²) in [4.78, 5) is 4.02. The molecule has 1 atom stereocenters. The summed E-state index contributed by atoms with van der Waals surface area (Å²) < 4.78 is 33.1. The minimum absolute atomic E-state index is 0.122. The molecule has 0 saturated carbocycles. The van der Waals surface area contributed by atoms with Crippen LogP contribution in [0.2, 0.25) is 0 Å². The number of rotatable bonds is 7. The summed E-state index contributed by atoms with van der Waals surface area (Å²) in [6.07, 6.45) is -1.76. The van der Waals surface area contributed by atoms with Gasteiger partial charge in [0.25, 0.3) is 6.43 Å². The second-order valence-corrected chi connectivity index (χ2v) is 3.55. The zero-order chi connectivity index (χ0) is 12.7. The van der Waals surface area contributed by atoms with Crippen LogP contribution in [0.25, 0.3) is 0 Å². The SMILES string of the molecule is CC(C#N)Cc1nc(CCOCC(F)F)no1. The van der Waals surface area contributed by atoms with Gasteiger partial charge in [-0.15, -0.1) is 0 Å². The summed E-state index contributed by atoms with van der Waals surface area (Å²) >= 11 is 0. The Bertz CT molecular complexity index is 376. The van der Waals surface area contributed by atoms with Gasteiger partial charge in [0.1, 0.15) is 6.61 Å². The minimum atomic E-state index is -2.47. The van der Waals surface area contributed by atoms with Crippen LogP contribution in [0.5, 0.6) is 0 Å². The van der Waals surface area contributed by atoms with Crippen LogP contribution < -0.4 is 0 Å². The second-order valence-electron chi connectivity index (χ2n) is 3.55. The van der Waals surface area contributed by atoms with Gasteiger partial charge in [-0.25, -0.2) is 8.78 Å². The Morgan fingerprint density at radius 3 is 2.94 bits per heavy atom. The molecule has 94 valence electrons. The highest BCUT2D eigenvalue weighted by atomic mass is 19.3. The van der Waals surface area contributed by atoms with E-state index in [1.807, 2.05) is 0 Å². The highest BCUT2D eigenvalue weighted by Crippen LogP contribution is 2.06. The van der Waals surface area contributed by atoms with Gasteiger partial charge in [0.2, 0.25) is 5.89 Å². The standard InChI is InChI=1S/C10H13F2N3O2/c1-7(5-13)4-10-14-9(15-17-10)2-3-16-6-8(11)12/h7-8H,2-4,6H2,1H3. The predicted octanol–water partition coefficient (Wildman–Crippen LogP) is 1.60. The summed E-state index contributed by atoms with van der Waals surface area (Å²) in [7, 11) is 0. The van der Waals surface area contributed by atoms with E-state index in [1.165, 1.54) is 0 Å². The fourth-order valence-corrected chi connectivity index (χ4v) is 1.12. The Labute approximate surface area is 97.4 Å². The van der Waals surface area contributed by atoms with E-state index >= 15 is 0 Å². The molecule has 0 aromatic carbocycles. The van der Waals surface area contributed by atoms with Gasteiger partial charge < -0.3 is 9.26 Å². The highest BCUT2D eigenvalue weighted by molar-refractivity contribution is 4.92. The summed E-state index contributed by atoms with van der Waals surface area (Å²) in [6, 6.07) is 2.05. The average molecular weight is 245 g/mol. The molecule has 0 aliphatic rings. The van der Waals surface area contributed by atoms with E-state index in [0.29, 0.717) is 24.6 Å². The predicted molar refractivity (Wildman–Crippen MR) is 53.3 cm³/mol. The van der Waals surface area contributed by atoms with Crippen LogP contribution in [0, 0.1) is 17.2 Å². The molecule has 17 heavy (non-hydrogen) atoms. The molecule has 0 aliphatic heterocycles. The monoisotopic (exact) mass is 245 g/mol. The molecule has 5 nitrogen and oxygen atoms in total. The molecule has 1 aromatic rings. The third kappa shape index (κ3) is 5.36. The number of alkyl halides is 2. The molecule has 7 heteroatoms. The zero-order valence-corrected chi connectivity index (χ0v) is 9.40. The van der Waals surface area contributed by atoms with E-state index < -0.39 is 13.0 Å². The normalized spacial score (nSPS) is 12.6. The van der Waals surface area contributed by atoms with Crippen LogP contribution >= 0.6 is 0 Å². The summed E-state index contributed by atoms with van der Waals surface area (Å²) in [5.74, 6) is 0.584. The molecule has 0 radical (unpaired) electrons. The molecular weight excluding hydrogens is 232 g/mol. The molecule has 0 bridgehead atoms. The maximum atomic E-state index is 11.7. The van der Waals surface area contributed by atoms with Crippen LogP contribution in [0.3, 0.4) is 0 Å². The summed E-state index contributed by atoms with van der Waals surface area (Å²) in [5, 5.41) is 12.3. The topological polar surface area (TPSA) is 71.9 Å². The molecule has 0 amide bonds. The van der Waals surface area contributed by atoms with Crippen LogP contribution in [-0.2, 0) is 17.6 Å². The van der Waals surface area contributed by atoms with Gasteiger partial charge in [0.15, 0.2) is 5.82 Å². The fraction of sp³-hybridized carbons (Fsp3) is 0.700. The van der Waals surface area contributed by atoms with Gasteiger partial charge in [-0.05, 0) is 6.92 Å². The quantitative estimate of drug-likeness (QED) is 0.682. The number of hydrogen-bond acceptors (Lipinski definition) is 5. The van der Waals surface area contributed by atoms with Crippen LogP contribution in [0.4, 0.5) is 8.78 Å². The fourth-order valence-electron chi connectivity index (χ4n) is 1.12. The molecule has 1 heterocycles. The van der Waals surface area contributed by atoms with Crippen molar-refractivity contribution in [3.63, 3.8) is 0 Å². The molecule has 0 N–H and O–H groups in total. The average Bonchev–Trinajstić information content (AvgIpc) is 2.72. The highest BCUT2D eigenvalue weighted by Gasteiger charge is 2.10. The lowest BCUT2D eigenvalue weighted by Crippen LogP contribution is -2.07. The maximum absolute atomic E-state index is 11.7. The van der Waals surface area contributed by atoms with Crippen molar-refractivity contribution >= 4 is 0 Å². The van der Waals surface area contributed by atoms with Crippen molar-refractivity contribution in [3.8, 4) is 6.07 Å². The number of aromatic nitrogens is 2. The first kappa shape index (κ1) is 13.5. The van der Waals surface area contributed by atoms with Crippen LogP contribution in [0.1, 0.15) is 18.6 Å². The molecular formula is C10H13F2N3O2. The minimum Gasteiger partial charge on any atom is -0.375 e. The third-order valence-corrected chi connectivity index (χ3v) is 1.93. The van der Waals surface area contributed by atoms with Crippen molar-refractivity contribution in [1.29, 1.82) is 5.26 Å². The molecule has 0 fully saturated rings. The largest absolute Gasteiger partial charge is 0.375 e. The molecule has 0 spiro atoms. The molecule has 1 aromatic heterocycles.